The number of carboxylic acids is 1. The molecule has 6 amide bonds. The Bertz CT molecular complexity index is 1950. The second-order valence-corrected chi connectivity index (χ2v) is 16.6. The zero-order valence-corrected chi connectivity index (χ0v) is 37.5. The van der Waals surface area contributed by atoms with E-state index >= 15 is 0 Å². The molecule has 19 nitrogen and oxygen atoms in total. The highest BCUT2D eigenvalue weighted by Gasteiger charge is 2.33. The first-order valence-corrected chi connectivity index (χ1v) is 22.0. The molecule has 0 saturated heterocycles. The van der Waals surface area contributed by atoms with Crippen LogP contribution in [0.25, 0.3) is 0 Å². The van der Waals surface area contributed by atoms with Crippen LogP contribution in [0, 0.1) is 5.92 Å². The number of rotatable bonds is 29. The van der Waals surface area contributed by atoms with Gasteiger partial charge in [-0.3, -0.25) is 33.6 Å². The van der Waals surface area contributed by atoms with Gasteiger partial charge >= 0.3 is 5.97 Å². The highest BCUT2D eigenvalue weighted by atomic mass is 32.1. The lowest BCUT2D eigenvalue weighted by Crippen LogP contribution is -2.59. The van der Waals surface area contributed by atoms with Gasteiger partial charge in [0.25, 0.3) is 0 Å². The van der Waals surface area contributed by atoms with Gasteiger partial charge in [0.15, 0.2) is 0 Å². The molecule has 0 radical (unpaired) electrons. The molecule has 0 bridgehead atoms. The van der Waals surface area contributed by atoms with Crippen molar-refractivity contribution in [2.24, 2.45) is 17.4 Å². The van der Waals surface area contributed by atoms with E-state index in [0.29, 0.717) is 30.7 Å². The molecule has 0 fully saturated rings. The molecule has 0 spiro atoms. The Hall–Kier alpha value is -5.99. The normalized spacial score (nSPS) is 14.0. The third kappa shape index (κ3) is 18.8. The van der Waals surface area contributed by atoms with E-state index in [9.17, 15) is 43.8 Å². The number of thiol groups is 1. The number of nitrogens with one attached hydrogen (secondary N) is 6. The molecule has 0 saturated carbocycles. The molecule has 0 aliphatic carbocycles. The third-order valence-corrected chi connectivity index (χ3v) is 10.4. The predicted molar refractivity (Wildman–Crippen MR) is 243 cm³/mol. The Labute approximate surface area is 379 Å². The number of benzene rings is 2. The van der Waals surface area contributed by atoms with E-state index in [2.05, 4.69) is 49.2 Å². The van der Waals surface area contributed by atoms with Crippen LogP contribution in [0.2, 0.25) is 0 Å². The van der Waals surface area contributed by atoms with Crippen LogP contribution < -0.4 is 38.1 Å². The van der Waals surface area contributed by atoms with Crippen molar-refractivity contribution < 1.29 is 43.8 Å². The molecule has 20 heteroatoms. The fourth-order valence-corrected chi connectivity index (χ4v) is 7.08. The standard InChI is InChI=1S/C44H64N10O9S/c1-4-5-16-54(25-38(56)51-34(40(46)59)22-39(57)58)44(63)37(18-27(2)3)53-43(62)36(21-31-23-47-26-49-31)52-42(61)35(20-28-9-7-6-8-10-28)48-24-30(15-17-64)50-41(60)33(45)19-29-11-13-32(55)14-12-29/h6-14,23,26-27,30,33-37,48,55,64H,4-5,15-22,24-25,45H2,1-3H3,(H2,46,59)(H,47,49)(H,50,60)(H,51,56)(H,52,61)(H,53,62)(H,57,58)/t30-,33+,34+,35+,36+,37+/m1/s1. The monoisotopic (exact) mass is 908 g/mol. The Kier molecular flexibility index (Phi) is 22.3. The molecule has 64 heavy (non-hydrogen) atoms. The maximum atomic E-state index is 14.4. The van der Waals surface area contributed by atoms with Crippen molar-refractivity contribution in [2.45, 2.75) is 108 Å². The number of carboxylic acid groups (broad SMARTS) is 1. The number of carbonyl (C=O) groups is 7. The molecular formula is C44H64N10O9S. The van der Waals surface area contributed by atoms with Gasteiger partial charge in [-0.05, 0) is 67.0 Å². The predicted octanol–water partition coefficient (Wildman–Crippen LogP) is 0.323. The Morgan fingerprint density at radius 1 is 0.828 bits per heavy atom. The number of nitrogens with two attached hydrogens (primary N) is 2. The van der Waals surface area contributed by atoms with Gasteiger partial charge in [0.05, 0.1) is 31.4 Å². The lowest BCUT2D eigenvalue weighted by atomic mass is 10.0. The molecule has 2 aromatic carbocycles. The molecule has 0 aliphatic rings. The fraction of sp³-hybridized carbons (Fsp3) is 0.500. The number of primary amides is 1. The summed E-state index contributed by atoms with van der Waals surface area (Å²) in [6, 6.07) is 9.49. The Balaban J connectivity index is 1.85. The zero-order chi connectivity index (χ0) is 47.2. The zero-order valence-electron chi connectivity index (χ0n) is 36.6. The van der Waals surface area contributed by atoms with Crippen LogP contribution in [-0.2, 0) is 52.8 Å². The largest absolute Gasteiger partial charge is 0.508 e. The highest BCUT2D eigenvalue weighted by molar-refractivity contribution is 7.80. The van der Waals surface area contributed by atoms with Gasteiger partial charge in [0.2, 0.25) is 35.4 Å². The lowest BCUT2D eigenvalue weighted by molar-refractivity contribution is -0.142. The van der Waals surface area contributed by atoms with Crippen molar-refractivity contribution in [1.82, 2.24) is 41.5 Å². The summed E-state index contributed by atoms with van der Waals surface area (Å²) >= 11 is 4.39. The summed E-state index contributed by atoms with van der Waals surface area (Å²) in [4.78, 5) is 101. The molecule has 350 valence electrons. The first-order chi connectivity index (χ1) is 30.5. The number of aromatic hydroxyl groups is 1. The van der Waals surface area contributed by atoms with Crippen molar-refractivity contribution >= 4 is 54.0 Å². The minimum Gasteiger partial charge on any atom is -0.508 e. The minimum atomic E-state index is -1.50. The van der Waals surface area contributed by atoms with Crippen molar-refractivity contribution in [1.29, 1.82) is 0 Å². The average Bonchev–Trinajstić information content (AvgIpc) is 3.76. The third-order valence-electron chi connectivity index (χ3n) is 10.2. The van der Waals surface area contributed by atoms with Gasteiger partial charge in [0, 0.05) is 37.4 Å². The number of unbranched alkanes of at least 4 members (excludes halogenated alkanes) is 1. The summed E-state index contributed by atoms with van der Waals surface area (Å²) < 4.78 is 0. The van der Waals surface area contributed by atoms with E-state index in [-0.39, 0.29) is 50.4 Å². The van der Waals surface area contributed by atoms with E-state index in [1.807, 2.05) is 51.1 Å². The first-order valence-electron chi connectivity index (χ1n) is 21.4. The topological polar surface area (TPSA) is 304 Å². The molecule has 0 unspecified atom stereocenters. The number of hydrogen-bond donors (Lipinski definition) is 11. The number of phenols is 1. The van der Waals surface area contributed by atoms with Gasteiger partial charge in [-0.15, -0.1) is 0 Å². The van der Waals surface area contributed by atoms with Crippen LogP contribution in [0.1, 0.15) is 69.7 Å². The number of aromatic amines is 1. The summed E-state index contributed by atoms with van der Waals surface area (Å²) in [5.74, 6) is -5.03. The van der Waals surface area contributed by atoms with Crippen molar-refractivity contribution in [3.63, 3.8) is 0 Å². The van der Waals surface area contributed by atoms with Gasteiger partial charge in [-0.2, -0.15) is 12.6 Å². The van der Waals surface area contributed by atoms with Gasteiger partial charge in [-0.1, -0.05) is 69.7 Å². The van der Waals surface area contributed by atoms with E-state index in [1.165, 1.54) is 29.6 Å². The summed E-state index contributed by atoms with van der Waals surface area (Å²) in [5, 5.41) is 33.1. The number of hydrogen-bond acceptors (Lipinski definition) is 12. The molecule has 6 atom stereocenters. The van der Waals surface area contributed by atoms with Gasteiger partial charge < -0.3 is 58.1 Å². The molecule has 3 rings (SSSR count). The van der Waals surface area contributed by atoms with Gasteiger partial charge in [-0.25, -0.2) is 4.98 Å². The van der Waals surface area contributed by atoms with E-state index in [1.54, 1.807) is 12.1 Å². The van der Waals surface area contributed by atoms with Crippen LogP contribution in [-0.4, -0.2) is 128 Å². The number of imidazole rings is 1. The Morgan fingerprint density at radius 3 is 2.08 bits per heavy atom. The first kappa shape index (κ1) is 52.4. The second-order valence-electron chi connectivity index (χ2n) is 16.1. The van der Waals surface area contributed by atoms with E-state index < -0.39 is 90.6 Å². The molecule has 0 aliphatic heterocycles. The average molecular weight is 909 g/mol. The van der Waals surface area contributed by atoms with Crippen LogP contribution in [0.4, 0.5) is 0 Å². The van der Waals surface area contributed by atoms with Crippen molar-refractivity contribution in [3.05, 3.63) is 83.9 Å². The second kappa shape index (κ2) is 27.3. The van der Waals surface area contributed by atoms with E-state index in [0.717, 1.165) is 11.1 Å². The molecule has 1 heterocycles. The number of phenolic OH excluding ortho intramolecular Hbond substituents is 1. The van der Waals surface area contributed by atoms with Crippen molar-refractivity contribution in [2.75, 3.05) is 25.4 Å². The van der Waals surface area contributed by atoms with Crippen LogP contribution in [0.5, 0.6) is 5.75 Å². The molecule has 1 aromatic heterocycles. The maximum absolute atomic E-state index is 14.4. The number of nitrogens with zero attached hydrogens (tertiary/aromatic N) is 2. The number of H-pyrrole nitrogens is 1. The number of carbonyl (C=O) groups excluding carboxylic acids is 6. The molecule has 12 N–H and O–H groups in total. The number of aromatic nitrogens is 2. The molecular weight excluding hydrogens is 845 g/mol. The minimum absolute atomic E-state index is 0.0322. The summed E-state index contributed by atoms with van der Waals surface area (Å²) in [5.41, 5.74) is 13.7. The SMILES string of the molecule is CCCCN(CC(=O)N[C@@H](CC(=O)O)C(N)=O)C(=O)[C@H](CC(C)C)NC(=O)[C@H](Cc1cnc[nH]1)NC(=O)[C@H](Cc1ccccc1)NC[C@@H](CCS)NC(=O)[C@@H](N)Cc1ccc(O)cc1. The number of amides is 6. The summed E-state index contributed by atoms with van der Waals surface area (Å²) in [6.45, 7) is 5.33. The molecule has 3 aromatic rings. The lowest BCUT2D eigenvalue weighted by Gasteiger charge is -2.30. The van der Waals surface area contributed by atoms with Crippen LogP contribution in [0.15, 0.2) is 67.1 Å². The quantitative estimate of drug-likeness (QED) is 0.0420. The number of aliphatic carboxylic acids is 1. The smallest absolute Gasteiger partial charge is 0.305 e. The Morgan fingerprint density at radius 2 is 1.48 bits per heavy atom. The van der Waals surface area contributed by atoms with Crippen LogP contribution >= 0.6 is 12.6 Å². The van der Waals surface area contributed by atoms with Crippen molar-refractivity contribution in [3.8, 4) is 5.75 Å². The van der Waals surface area contributed by atoms with E-state index in [4.69, 9.17) is 11.5 Å². The summed E-state index contributed by atoms with van der Waals surface area (Å²) in [7, 11) is 0. The maximum Gasteiger partial charge on any atom is 0.305 e. The van der Waals surface area contributed by atoms with Crippen LogP contribution in [0.3, 0.4) is 0 Å². The highest BCUT2D eigenvalue weighted by Crippen LogP contribution is 2.14. The summed E-state index contributed by atoms with van der Waals surface area (Å²) in [6.07, 6.45) is 4.35. The fourth-order valence-electron chi connectivity index (χ4n) is 6.77. The van der Waals surface area contributed by atoms with Gasteiger partial charge in [0.1, 0.15) is 23.9 Å².